The molecule has 1 rings (SSSR count). The first kappa shape index (κ1) is 24.5. The molecule has 0 bridgehead atoms. The van der Waals surface area contributed by atoms with Crippen LogP contribution in [0.25, 0.3) is 0 Å². The van der Waals surface area contributed by atoms with Gasteiger partial charge in [0.25, 0.3) is 0 Å². The van der Waals surface area contributed by atoms with E-state index < -0.39 is 34.2 Å². The maximum Gasteiger partial charge on any atom is 0.344 e. The molecule has 0 saturated carbocycles. The summed E-state index contributed by atoms with van der Waals surface area (Å²) in [5.41, 5.74) is 4.04. The molecule has 1 aliphatic heterocycles. The second-order valence-electron chi connectivity index (χ2n) is 11.3. The molecular weight excluding hydrogens is 393 g/mol. The van der Waals surface area contributed by atoms with Gasteiger partial charge in [0.15, 0.2) is 0 Å². The molecule has 0 spiro atoms. The first-order chi connectivity index (χ1) is 11.1. The molecule has 0 unspecified atom stereocenters. The quantitative estimate of drug-likeness (QED) is 0.485. The van der Waals surface area contributed by atoms with Crippen LogP contribution in [0, 0.1) is 10.8 Å². The van der Waals surface area contributed by atoms with Crippen molar-refractivity contribution in [2.45, 2.75) is 93.8 Å². The zero-order chi connectivity index (χ0) is 20.8. The topological polar surface area (TPSA) is 36.9 Å². The monoisotopic (exact) mass is 434 g/mol. The van der Waals surface area contributed by atoms with Crippen LogP contribution in [0.15, 0.2) is 11.3 Å². The van der Waals surface area contributed by atoms with E-state index in [2.05, 4.69) is 93.1 Å². The van der Waals surface area contributed by atoms with E-state index in [4.69, 9.17) is 16.5 Å². The number of allylic oxidation sites excluding steroid dienone is 1. The Hall–Kier alpha value is 0.448. The molecule has 4 nitrogen and oxygen atoms in total. The standard InChI is InChI=1S/C18H42O4Si4/c1-17(2,3)14-16(18(4,5)6)15-26(13)21-24(9,10)19-23(7,8)20-25(11,12)22-26/h15H,14H2,1-13H3. The Morgan fingerprint density at radius 3 is 1.31 bits per heavy atom. The summed E-state index contributed by atoms with van der Waals surface area (Å²) >= 11 is 0. The van der Waals surface area contributed by atoms with E-state index in [-0.39, 0.29) is 10.8 Å². The zero-order valence-corrected chi connectivity index (χ0v) is 23.4. The van der Waals surface area contributed by atoms with Gasteiger partial charge in [-0.2, -0.15) is 0 Å². The van der Waals surface area contributed by atoms with Crippen LogP contribution in [-0.2, 0) is 16.5 Å². The molecule has 1 fully saturated rings. The molecule has 8 heteroatoms. The summed E-state index contributed by atoms with van der Waals surface area (Å²) in [6.45, 7) is 28.5. The van der Waals surface area contributed by atoms with E-state index in [0.717, 1.165) is 6.42 Å². The Labute approximate surface area is 166 Å². The SMILES string of the molecule is CC(C)(C)CC(=C[Si]1(C)O[Si](C)(C)O[Si](C)(C)O[Si](C)(C)O1)C(C)(C)C. The van der Waals surface area contributed by atoms with Gasteiger partial charge in [0.1, 0.15) is 0 Å². The lowest BCUT2D eigenvalue weighted by molar-refractivity contribution is 0.240. The van der Waals surface area contributed by atoms with Gasteiger partial charge in [-0.3, -0.25) is 0 Å². The highest BCUT2D eigenvalue weighted by Gasteiger charge is 2.52. The van der Waals surface area contributed by atoms with Gasteiger partial charge in [0.05, 0.1) is 0 Å². The summed E-state index contributed by atoms with van der Waals surface area (Å²) < 4.78 is 26.4. The molecular formula is C18H42O4Si4. The van der Waals surface area contributed by atoms with Crippen LogP contribution in [0.2, 0.25) is 45.8 Å². The lowest BCUT2D eigenvalue weighted by Gasteiger charge is -2.47. The molecule has 1 saturated heterocycles. The Bertz CT molecular complexity index is 520. The van der Waals surface area contributed by atoms with Crippen LogP contribution in [0.1, 0.15) is 48.0 Å². The third-order valence-electron chi connectivity index (χ3n) is 4.00. The van der Waals surface area contributed by atoms with Gasteiger partial charge in [-0.15, -0.1) is 0 Å². The van der Waals surface area contributed by atoms with Crippen LogP contribution < -0.4 is 0 Å². The van der Waals surface area contributed by atoms with Crippen LogP contribution in [0.5, 0.6) is 0 Å². The molecule has 1 heterocycles. The van der Waals surface area contributed by atoms with Gasteiger partial charge in [0, 0.05) is 0 Å². The lowest BCUT2D eigenvalue weighted by Crippen LogP contribution is -2.64. The third kappa shape index (κ3) is 8.22. The van der Waals surface area contributed by atoms with Crippen molar-refractivity contribution >= 4 is 34.2 Å². The maximum absolute atomic E-state index is 6.72. The van der Waals surface area contributed by atoms with Gasteiger partial charge in [-0.25, -0.2) is 0 Å². The summed E-state index contributed by atoms with van der Waals surface area (Å²) in [7, 11) is -9.52. The Morgan fingerprint density at radius 2 is 1.00 bits per heavy atom. The van der Waals surface area contributed by atoms with Crippen molar-refractivity contribution in [1.29, 1.82) is 0 Å². The van der Waals surface area contributed by atoms with Crippen molar-refractivity contribution in [1.82, 2.24) is 0 Å². The molecule has 154 valence electrons. The smallest absolute Gasteiger partial charge is 0.344 e. The van der Waals surface area contributed by atoms with E-state index in [9.17, 15) is 0 Å². The van der Waals surface area contributed by atoms with Crippen molar-refractivity contribution in [2.75, 3.05) is 0 Å². The van der Waals surface area contributed by atoms with Crippen molar-refractivity contribution in [3.63, 3.8) is 0 Å². The van der Waals surface area contributed by atoms with Gasteiger partial charge < -0.3 is 16.5 Å². The summed E-state index contributed by atoms with van der Waals surface area (Å²) in [6, 6.07) is 0. The van der Waals surface area contributed by atoms with Crippen molar-refractivity contribution in [3.05, 3.63) is 11.3 Å². The minimum atomic E-state index is -2.59. The number of hydrogen-bond acceptors (Lipinski definition) is 4. The summed E-state index contributed by atoms with van der Waals surface area (Å²) in [5.74, 6) is 0. The normalized spacial score (nSPS) is 26.1. The van der Waals surface area contributed by atoms with Gasteiger partial charge in [0.2, 0.25) is 0 Å². The number of rotatable bonds is 2. The fourth-order valence-corrected chi connectivity index (χ4v) is 24.8. The van der Waals surface area contributed by atoms with E-state index in [1.165, 1.54) is 5.57 Å². The first-order valence-electron chi connectivity index (χ1n) is 9.67. The van der Waals surface area contributed by atoms with E-state index in [1.807, 2.05) is 0 Å². The largest absolute Gasteiger partial charge is 0.416 e. The van der Waals surface area contributed by atoms with Gasteiger partial charge in [-0.1, -0.05) is 47.1 Å². The fraction of sp³-hybridized carbons (Fsp3) is 0.889. The lowest BCUT2D eigenvalue weighted by atomic mass is 9.78. The van der Waals surface area contributed by atoms with E-state index in [1.54, 1.807) is 0 Å². The molecule has 0 amide bonds. The third-order valence-corrected chi connectivity index (χ3v) is 19.9. The summed E-state index contributed by atoms with van der Waals surface area (Å²) in [6.07, 6.45) is 1.03. The second-order valence-corrected chi connectivity index (χ2v) is 25.3. The zero-order valence-electron chi connectivity index (χ0n) is 19.4. The average molecular weight is 435 g/mol. The van der Waals surface area contributed by atoms with Crippen LogP contribution in [-0.4, -0.2) is 34.2 Å². The molecule has 26 heavy (non-hydrogen) atoms. The average Bonchev–Trinajstić information content (AvgIpc) is 2.15. The minimum Gasteiger partial charge on any atom is -0.416 e. The van der Waals surface area contributed by atoms with Crippen LogP contribution >= 0.6 is 0 Å². The second kappa shape index (κ2) is 7.36. The summed E-state index contributed by atoms with van der Waals surface area (Å²) in [5, 5.41) is 0. The van der Waals surface area contributed by atoms with Crippen molar-refractivity contribution < 1.29 is 16.5 Å². The van der Waals surface area contributed by atoms with E-state index >= 15 is 0 Å². The minimum absolute atomic E-state index is 0.0749. The first-order valence-corrected chi connectivity index (χ1v) is 20.5. The van der Waals surface area contributed by atoms with Gasteiger partial charge in [-0.05, 0) is 68.8 Å². The molecule has 0 radical (unpaired) electrons. The van der Waals surface area contributed by atoms with E-state index in [0.29, 0.717) is 0 Å². The molecule has 0 aliphatic carbocycles. The van der Waals surface area contributed by atoms with Gasteiger partial charge >= 0.3 is 34.2 Å². The fourth-order valence-electron chi connectivity index (χ4n) is 3.72. The number of hydrogen-bond donors (Lipinski definition) is 0. The molecule has 0 aromatic rings. The maximum atomic E-state index is 6.72. The summed E-state index contributed by atoms with van der Waals surface area (Å²) in [4.78, 5) is 0. The molecule has 0 N–H and O–H groups in total. The molecule has 0 aromatic heterocycles. The highest BCUT2D eigenvalue weighted by atomic mass is 28.5. The Kier molecular flexibility index (Phi) is 6.93. The molecule has 0 atom stereocenters. The Balaban J connectivity index is 3.39. The molecule has 1 aliphatic rings. The van der Waals surface area contributed by atoms with Crippen LogP contribution in [0.4, 0.5) is 0 Å². The predicted octanol–water partition coefficient (Wildman–Crippen LogP) is 6.19. The highest BCUT2D eigenvalue weighted by Crippen LogP contribution is 2.39. The van der Waals surface area contributed by atoms with Crippen molar-refractivity contribution in [2.24, 2.45) is 10.8 Å². The highest BCUT2D eigenvalue weighted by molar-refractivity contribution is 6.94. The van der Waals surface area contributed by atoms with Crippen LogP contribution in [0.3, 0.4) is 0 Å². The van der Waals surface area contributed by atoms with Crippen molar-refractivity contribution in [3.8, 4) is 0 Å². The molecule has 0 aromatic carbocycles. The predicted molar refractivity (Wildman–Crippen MR) is 120 cm³/mol. The Morgan fingerprint density at radius 1 is 0.654 bits per heavy atom.